The first-order valence-electron chi connectivity index (χ1n) is 9.45. The molecule has 1 saturated heterocycles. The first kappa shape index (κ1) is 19.5. The molecule has 1 aromatic carbocycles. The molecule has 4 N–H and O–H groups in total. The molecule has 1 fully saturated rings. The number of aromatic nitrogens is 3. The van der Waals surface area contributed by atoms with Crippen LogP contribution < -0.4 is 30.7 Å². The van der Waals surface area contributed by atoms with Crippen molar-refractivity contribution in [2.45, 2.75) is 0 Å². The maximum absolute atomic E-state index is 11.7. The fourth-order valence-corrected chi connectivity index (χ4v) is 3.57. The minimum absolute atomic E-state index is 0.374. The maximum Gasteiger partial charge on any atom is 0.252 e. The zero-order valence-corrected chi connectivity index (χ0v) is 16.8. The van der Waals surface area contributed by atoms with Crippen LogP contribution in [-0.4, -0.2) is 61.3 Å². The van der Waals surface area contributed by atoms with E-state index in [1.807, 2.05) is 4.90 Å². The predicted octanol–water partition coefficient (Wildman–Crippen LogP) is 1.05. The molecule has 4 rings (SSSR count). The third kappa shape index (κ3) is 3.47. The van der Waals surface area contributed by atoms with Crippen molar-refractivity contribution < 1.29 is 14.3 Å². The number of pyridine rings is 1. The molecule has 1 amide bonds. The molecule has 2 aromatic heterocycles. The van der Waals surface area contributed by atoms with Crippen molar-refractivity contribution in [3.05, 3.63) is 36.0 Å². The zero-order valence-electron chi connectivity index (χ0n) is 16.8. The molecule has 0 saturated carbocycles. The van der Waals surface area contributed by atoms with Gasteiger partial charge in [-0.15, -0.1) is 0 Å². The summed E-state index contributed by atoms with van der Waals surface area (Å²) in [7, 11) is 3.14. The highest BCUT2D eigenvalue weighted by atomic mass is 16.5. The summed E-state index contributed by atoms with van der Waals surface area (Å²) in [6.07, 6.45) is 1.66. The molecule has 156 valence electrons. The Kier molecular flexibility index (Phi) is 5.13. The van der Waals surface area contributed by atoms with E-state index in [0.29, 0.717) is 71.7 Å². The molecule has 3 aromatic rings. The summed E-state index contributed by atoms with van der Waals surface area (Å²) in [5.74, 6) is 2.17. The summed E-state index contributed by atoms with van der Waals surface area (Å²) >= 11 is 0. The van der Waals surface area contributed by atoms with Crippen LogP contribution in [0.25, 0.3) is 10.9 Å². The second-order valence-corrected chi connectivity index (χ2v) is 6.85. The van der Waals surface area contributed by atoms with E-state index in [2.05, 4.69) is 19.9 Å². The number of carbonyl (C=O) groups is 1. The number of piperazine rings is 1. The number of hydrogen-bond donors (Lipinski definition) is 2. The lowest BCUT2D eigenvalue weighted by Gasteiger charge is -2.36. The van der Waals surface area contributed by atoms with Crippen LogP contribution in [0.3, 0.4) is 0 Å². The number of ether oxygens (including phenoxy) is 2. The van der Waals surface area contributed by atoms with Crippen molar-refractivity contribution in [2.75, 3.05) is 55.9 Å². The monoisotopic (exact) mass is 409 g/mol. The van der Waals surface area contributed by atoms with Crippen molar-refractivity contribution in [1.29, 1.82) is 0 Å². The third-order valence-electron chi connectivity index (χ3n) is 5.13. The van der Waals surface area contributed by atoms with Gasteiger partial charge in [-0.05, 0) is 18.2 Å². The van der Waals surface area contributed by atoms with E-state index in [1.54, 1.807) is 44.7 Å². The summed E-state index contributed by atoms with van der Waals surface area (Å²) in [5, 5.41) is 0.703. The number of anilines is 3. The lowest BCUT2D eigenvalue weighted by molar-refractivity contribution is 0.100. The number of nitrogen functional groups attached to an aromatic ring is 1. The van der Waals surface area contributed by atoms with Gasteiger partial charge in [0.2, 0.25) is 5.95 Å². The zero-order chi connectivity index (χ0) is 21.3. The van der Waals surface area contributed by atoms with Crippen LogP contribution in [0, 0.1) is 0 Å². The molecule has 0 atom stereocenters. The Balaban J connectivity index is 1.58. The number of fused-ring (bicyclic) bond motifs is 1. The topological polar surface area (TPSA) is 133 Å². The number of methoxy groups -OCH3 is 2. The van der Waals surface area contributed by atoms with E-state index in [1.165, 1.54) is 0 Å². The number of nitrogens with two attached hydrogens (primary N) is 2. The fourth-order valence-electron chi connectivity index (χ4n) is 3.57. The molecule has 0 spiro atoms. The normalized spacial score (nSPS) is 14.1. The summed E-state index contributed by atoms with van der Waals surface area (Å²) in [6, 6.07) is 6.96. The van der Waals surface area contributed by atoms with Crippen LogP contribution in [0.2, 0.25) is 0 Å². The molecule has 30 heavy (non-hydrogen) atoms. The number of amides is 1. The van der Waals surface area contributed by atoms with Gasteiger partial charge in [-0.25, -0.2) is 9.97 Å². The van der Waals surface area contributed by atoms with E-state index >= 15 is 0 Å². The molecule has 0 aliphatic carbocycles. The van der Waals surface area contributed by atoms with Crippen LogP contribution in [0.5, 0.6) is 11.5 Å². The van der Waals surface area contributed by atoms with Gasteiger partial charge in [0.15, 0.2) is 11.5 Å². The van der Waals surface area contributed by atoms with E-state index in [-0.39, 0.29) is 0 Å². The van der Waals surface area contributed by atoms with E-state index in [9.17, 15) is 4.79 Å². The van der Waals surface area contributed by atoms with E-state index < -0.39 is 5.91 Å². The lowest BCUT2D eigenvalue weighted by Crippen LogP contribution is -2.48. The molecule has 1 aliphatic rings. The van der Waals surface area contributed by atoms with Gasteiger partial charge in [0.05, 0.1) is 25.3 Å². The van der Waals surface area contributed by atoms with Crippen LogP contribution in [-0.2, 0) is 0 Å². The van der Waals surface area contributed by atoms with Gasteiger partial charge in [0.1, 0.15) is 11.6 Å². The van der Waals surface area contributed by atoms with Crippen LogP contribution in [0.4, 0.5) is 17.6 Å². The highest BCUT2D eigenvalue weighted by molar-refractivity contribution is 5.97. The molecular formula is C20H23N7O3. The molecule has 1 aliphatic heterocycles. The Bertz CT molecular complexity index is 1100. The summed E-state index contributed by atoms with van der Waals surface area (Å²) in [6.45, 7) is 2.58. The van der Waals surface area contributed by atoms with Gasteiger partial charge in [0, 0.05) is 43.8 Å². The Hall–Kier alpha value is -3.82. The number of benzene rings is 1. The largest absolute Gasteiger partial charge is 0.493 e. The van der Waals surface area contributed by atoms with Crippen molar-refractivity contribution in [1.82, 2.24) is 15.0 Å². The quantitative estimate of drug-likeness (QED) is 0.634. The van der Waals surface area contributed by atoms with Gasteiger partial charge in [-0.1, -0.05) is 0 Å². The molecule has 0 bridgehead atoms. The maximum atomic E-state index is 11.7. The SMILES string of the molecule is COc1cc2nc(N3CCN(c4ncccc4C(N)=O)CC3)nc(N)c2cc1OC. The molecule has 0 radical (unpaired) electrons. The number of primary amides is 1. The highest BCUT2D eigenvalue weighted by Crippen LogP contribution is 2.34. The first-order valence-corrected chi connectivity index (χ1v) is 9.45. The Morgan fingerprint density at radius 1 is 1.03 bits per heavy atom. The van der Waals surface area contributed by atoms with Crippen LogP contribution in [0.15, 0.2) is 30.5 Å². The standard InChI is InChI=1S/C20H23N7O3/c1-29-15-10-13-14(11-16(15)30-2)24-20(25-17(13)21)27-8-6-26(7-9-27)19-12(18(22)28)4-3-5-23-19/h3-5,10-11H,6-9H2,1-2H3,(H2,22,28)(H2,21,24,25). The third-order valence-corrected chi connectivity index (χ3v) is 5.13. The summed E-state index contributed by atoms with van der Waals surface area (Å²) < 4.78 is 10.7. The minimum atomic E-state index is -0.490. The molecule has 10 heteroatoms. The van der Waals surface area contributed by atoms with Gasteiger partial charge in [-0.2, -0.15) is 4.98 Å². The predicted molar refractivity (Wildman–Crippen MR) is 114 cm³/mol. The van der Waals surface area contributed by atoms with Gasteiger partial charge in [-0.3, -0.25) is 4.79 Å². The smallest absolute Gasteiger partial charge is 0.252 e. The van der Waals surface area contributed by atoms with Gasteiger partial charge in [0.25, 0.3) is 5.91 Å². The van der Waals surface area contributed by atoms with E-state index in [4.69, 9.17) is 20.9 Å². The number of carbonyl (C=O) groups excluding carboxylic acids is 1. The van der Waals surface area contributed by atoms with Gasteiger partial charge < -0.3 is 30.7 Å². The summed E-state index contributed by atoms with van der Waals surface area (Å²) in [5.41, 5.74) is 12.8. The Morgan fingerprint density at radius 2 is 1.70 bits per heavy atom. The van der Waals surface area contributed by atoms with E-state index in [0.717, 1.165) is 0 Å². The Labute approximate surface area is 173 Å². The van der Waals surface area contributed by atoms with Crippen molar-refractivity contribution in [3.8, 4) is 11.5 Å². The fraction of sp³-hybridized carbons (Fsp3) is 0.300. The number of rotatable bonds is 5. The van der Waals surface area contributed by atoms with Crippen molar-refractivity contribution in [2.24, 2.45) is 5.73 Å². The lowest BCUT2D eigenvalue weighted by atomic mass is 10.2. The first-order chi connectivity index (χ1) is 14.5. The second-order valence-electron chi connectivity index (χ2n) is 6.85. The van der Waals surface area contributed by atoms with Crippen molar-refractivity contribution in [3.63, 3.8) is 0 Å². The summed E-state index contributed by atoms with van der Waals surface area (Å²) in [4.78, 5) is 29.3. The van der Waals surface area contributed by atoms with Crippen molar-refractivity contribution >= 4 is 34.4 Å². The number of nitrogens with zero attached hydrogens (tertiary/aromatic N) is 5. The number of hydrogen-bond acceptors (Lipinski definition) is 9. The average Bonchev–Trinajstić information content (AvgIpc) is 2.78. The minimum Gasteiger partial charge on any atom is -0.493 e. The molecule has 0 unspecified atom stereocenters. The van der Waals surface area contributed by atoms with Gasteiger partial charge >= 0.3 is 0 Å². The van der Waals surface area contributed by atoms with Crippen LogP contribution in [0.1, 0.15) is 10.4 Å². The molecule has 3 heterocycles. The second kappa shape index (κ2) is 7.90. The molecule has 10 nitrogen and oxygen atoms in total. The average molecular weight is 409 g/mol. The Morgan fingerprint density at radius 3 is 2.37 bits per heavy atom. The molecular weight excluding hydrogens is 386 g/mol. The highest BCUT2D eigenvalue weighted by Gasteiger charge is 2.24. The van der Waals surface area contributed by atoms with Crippen LogP contribution >= 0.6 is 0 Å².